The van der Waals surface area contributed by atoms with E-state index >= 15 is 0 Å². The van der Waals surface area contributed by atoms with Crippen LogP contribution in [0.25, 0.3) is 0 Å². The molecule has 7 heteroatoms. The first-order valence-corrected chi connectivity index (χ1v) is 10.2. The summed E-state index contributed by atoms with van der Waals surface area (Å²) in [6, 6.07) is 21.5. The lowest BCUT2D eigenvalue weighted by atomic mass is 10.0. The molecule has 0 aromatic heterocycles. The molecule has 0 saturated carbocycles. The third kappa shape index (κ3) is 5.13. The van der Waals surface area contributed by atoms with Crippen molar-refractivity contribution in [1.82, 2.24) is 10.7 Å². The Morgan fingerprint density at radius 2 is 1.66 bits per heavy atom. The van der Waals surface area contributed by atoms with Crippen molar-refractivity contribution in [2.24, 2.45) is 5.10 Å². The number of aryl methyl sites for hydroxylation is 1. The topological polar surface area (TPSA) is 89.0 Å². The minimum absolute atomic E-state index is 0.0417. The van der Waals surface area contributed by atoms with Gasteiger partial charge in [0.2, 0.25) is 12.7 Å². The lowest BCUT2D eigenvalue weighted by Gasteiger charge is -2.18. The Morgan fingerprint density at radius 3 is 2.38 bits per heavy atom. The van der Waals surface area contributed by atoms with Gasteiger partial charge in [0.15, 0.2) is 11.5 Å². The second-order valence-electron chi connectivity index (χ2n) is 7.36. The Morgan fingerprint density at radius 1 is 1.00 bits per heavy atom. The van der Waals surface area contributed by atoms with E-state index in [9.17, 15) is 9.59 Å². The first-order valence-electron chi connectivity index (χ1n) is 10.2. The van der Waals surface area contributed by atoms with Gasteiger partial charge in [0.05, 0.1) is 18.7 Å². The summed E-state index contributed by atoms with van der Waals surface area (Å²) < 4.78 is 10.7. The summed E-state index contributed by atoms with van der Waals surface area (Å²) in [7, 11) is 0. The van der Waals surface area contributed by atoms with Crippen LogP contribution in [0.2, 0.25) is 0 Å². The van der Waals surface area contributed by atoms with Gasteiger partial charge >= 0.3 is 0 Å². The number of amides is 2. The van der Waals surface area contributed by atoms with E-state index in [0.717, 1.165) is 16.7 Å². The van der Waals surface area contributed by atoms with E-state index in [-0.39, 0.29) is 25.0 Å². The van der Waals surface area contributed by atoms with Crippen LogP contribution in [0.1, 0.15) is 39.5 Å². The molecule has 1 aliphatic heterocycles. The molecule has 4 rings (SSSR count). The highest BCUT2D eigenvalue weighted by Gasteiger charge is 2.19. The molecule has 0 radical (unpaired) electrons. The Balaban J connectivity index is 1.42. The number of carbonyl (C=O) groups is 2. The van der Waals surface area contributed by atoms with Gasteiger partial charge in [-0.3, -0.25) is 9.59 Å². The number of nitrogens with zero attached hydrogens (tertiary/aromatic N) is 1. The second kappa shape index (κ2) is 9.78. The molecule has 0 saturated heterocycles. The molecule has 2 amide bonds. The zero-order valence-electron chi connectivity index (χ0n) is 17.6. The van der Waals surface area contributed by atoms with Crippen molar-refractivity contribution >= 4 is 18.0 Å². The summed E-state index contributed by atoms with van der Waals surface area (Å²) in [5.74, 6) is 0.785. The van der Waals surface area contributed by atoms with E-state index in [1.54, 1.807) is 30.5 Å². The van der Waals surface area contributed by atoms with E-state index in [0.29, 0.717) is 17.1 Å². The van der Waals surface area contributed by atoms with Crippen LogP contribution >= 0.6 is 0 Å². The van der Waals surface area contributed by atoms with Crippen LogP contribution < -0.4 is 20.2 Å². The monoisotopic (exact) mass is 429 g/mol. The summed E-state index contributed by atoms with van der Waals surface area (Å²) in [6.45, 7) is 2.12. The molecule has 3 aromatic rings. The Hall–Kier alpha value is -4.13. The molecule has 7 nitrogen and oxygen atoms in total. The molecule has 0 bridgehead atoms. The maximum Gasteiger partial charge on any atom is 0.251 e. The van der Waals surface area contributed by atoms with E-state index < -0.39 is 6.04 Å². The van der Waals surface area contributed by atoms with Crippen molar-refractivity contribution in [1.29, 1.82) is 0 Å². The van der Waals surface area contributed by atoms with Crippen LogP contribution in [-0.2, 0) is 4.79 Å². The maximum absolute atomic E-state index is 12.6. The molecule has 2 N–H and O–H groups in total. The largest absolute Gasteiger partial charge is 0.454 e. The predicted octanol–water partition coefficient (Wildman–Crippen LogP) is 3.74. The Bertz CT molecular complexity index is 1130. The van der Waals surface area contributed by atoms with Crippen LogP contribution in [0.3, 0.4) is 0 Å². The van der Waals surface area contributed by atoms with E-state index in [4.69, 9.17) is 9.47 Å². The van der Waals surface area contributed by atoms with Gasteiger partial charge < -0.3 is 14.8 Å². The summed E-state index contributed by atoms with van der Waals surface area (Å²) in [5.41, 5.74) is 5.67. The number of benzene rings is 3. The summed E-state index contributed by atoms with van der Waals surface area (Å²) in [6.07, 6.45) is 1.61. The van der Waals surface area contributed by atoms with Crippen molar-refractivity contribution in [3.8, 4) is 11.5 Å². The Labute approximate surface area is 186 Å². The molecular formula is C25H23N3O4. The third-order valence-corrected chi connectivity index (χ3v) is 5.09. The molecule has 0 fully saturated rings. The van der Waals surface area contributed by atoms with Gasteiger partial charge in [0, 0.05) is 11.1 Å². The van der Waals surface area contributed by atoms with Crippen molar-refractivity contribution < 1.29 is 19.1 Å². The first-order chi connectivity index (χ1) is 15.6. The molecule has 1 aliphatic rings. The van der Waals surface area contributed by atoms with E-state index in [2.05, 4.69) is 15.8 Å². The fourth-order valence-electron chi connectivity index (χ4n) is 3.37. The molecule has 1 heterocycles. The number of hydrogen-bond acceptors (Lipinski definition) is 5. The highest BCUT2D eigenvalue weighted by atomic mass is 16.7. The molecule has 1 atom stereocenters. The van der Waals surface area contributed by atoms with Crippen LogP contribution in [0, 0.1) is 6.92 Å². The molecular weight excluding hydrogens is 406 g/mol. The number of hydrazone groups is 1. The Kier molecular flexibility index (Phi) is 6.46. The number of nitrogens with one attached hydrogen (secondary N) is 2. The summed E-state index contributed by atoms with van der Waals surface area (Å²) in [4.78, 5) is 25.2. The molecule has 162 valence electrons. The van der Waals surface area contributed by atoms with Gasteiger partial charge in [0.25, 0.3) is 5.91 Å². The van der Waals surface area contributed by atoms with Crippen molar-refractivity contribution in [2.75, 3.05) is 6.79 Å². The zero-order valence-corrected chi connectivity index (χ0v) is 17.6. The molecule has 0 spiro atoms. The SMILES string of the molecule is Cc1cc2c(cc1/C=N\NC(=O)C[C@@H](NC(=O)c1ccccc1)c1ccccc1)OCO2. The molecule has 32 heavy (non-hydrogen) atoms. The van der Waals surface area contributed by atoms with Gasteiger partial charge in [-0.15, -0.1) is 0 Å². The van der Waals surface area contributed by atoms with Gasteiger partial charge in [-0.1, -0.05) is 48.5 Å². The van der Waals surface area contributed by atoms with Gasteiger partial charge in [-0.2, -0.15) is 5.10 Å². The standard InChI is InChI=1S/C25H23N3O4/c1-17-12-22-23(32-16-31-22)13-20(17)15-26-28-24(29)14-21(18-8-4-2-5-9-18)27-25(30)19-10-6-3-7-11-19/h2-13,15,21H,14,16H2,1H3,(H,27,30)(H,28,29)/b26-15-/t21-/m1/s1. The quantitative estimate of drug-likeness (QED) is 0.442. The average molecular weight is 429 g/mol. The van der Waals surface area contributed by atoms with Crippen LogP contribution in [0.4, 0.5) is 0 Å². The van der Waals surface area contributed by atoms with Crippen LogP contribution in [0.15, 0.2) is 77.9 Å². The predicted molar refractivity (Wildman–Crippen MR) is 121 cm³/mol. The van der Waals surface area contributed by atoms with Crippen LogP contribution in [-0.4, -0.2) is 24.8 Å². The minimum atomic E-state index is -0.494. The van der Waals surface area contributed by atoms with Crippen LogP contribution in [0.5, 0.6) is 11.5 Å². The molecule has 0 unspecified atom stereocenters. The van der Waals surface area contributed by atoms with Gasteiger partial charge in [-0.25, -0.2) is 5.43 Å². The lowest BCUT2D eigenvalue weighted by molar-refractivity contribution is -0.121. The smallest absolute Gasteiger partial charge is 0.251 e. The molecule has 3 aromatic carbocycles. The van der Waals surface area contributed by atoms with Gasteiger partial charge in [-0.05, 0) is 42.3 Å². The van der Waals surface area contributed by atoms with Gasteiger partial charge in [0.1, 0.15) is 0 Å². The van der Waals surface area contributed by atoms with Crippen molar-refractivity contribution in [3.05, 3.63) is 95.1 Å². The normalized spacial score (nSPS) is 13.0. The highest BCUT2D eigenvalue weighted by Crippen LogP contribution is 2.34. The average Bonchev–Trinajstić information content (AvgIpc) is 3.27. The summed E-state index contributed by atoms with van der Waals surface area (Å²) in [5, 5.41) is 7.02. The third-order valence-electron chi connectivity index (χ3n) is 5.09. The fraction of sp³-hybridized carbons (Fsp3) is 0.160. The second-order valence-corrected chi connectivity index (χ2v) is 7.36. The van der Waals surface area contributed by atoms with E-state index in [1.165, 1.54) is 0 Å². The zero-order chi connectivity index (χ0) is 22.3. The number of hydrogen-bond donors (Lipinski definition) is 2. The number of carbonyl (C=O) groups excluding carboxylic acids is 2. The minimum Gasteiger partial charge on any atom is -0.454 e. The van der Waals surface area contributed by atoms with Crippen molar-refractivity contribution in [3.63, 3.8) is 0 Å². The first kappa shape index (κ1) is 21.1. The number of fused-ring (bicyclic) bond motifs is 1. The maximum atomic E-state index is 12.6. The number of ether oxygens (including phenoxy) is 2. The highest BCUT2D eigenvalue weighted by molar-refractivity contribution is 5.94. The fourth-order valence-corrected chi connectivity index (χ4v) is 3.37. The van der Waals surface area contributed by atoms with E-state index in [1.807, 2.05) is 55.5 Å². The number of rotatable bonds is 7. The summed E-state index contributed by atoms with van der Waals surface area (Å²) >= 11 is 0. The lowest BCUT2D eigenvalue weighted by Crippen LogP contribution is -2.32. The molecule has 0 aliphatic carbocycles. The van der Waals surface area contributed by atoms with Crippen molar-refractivity contribution in [2.45, 2.75) is 19.4 Å².